The lowest BCUT2D eigenvalue weighted by atomic mass is 9.96. The van der Waals surface area contributed by atoms with Gasteiger partial charge in [-0.3, -0.25) is 0 Å². The summed E-state index contributed by atoms with van der Waals surface area (Å²) in [5, 5.41) is 28.0. The van der Waals surface area contributed by atoms with E-state index in [9.17, 15) is 10.2 Å². The van der Waals surface area contributed by atoms with Crippen molar-refractivity contribution in [1.82, 2.24) is 0 Å². The Morgan fingerprint density at radius 2 is 1.92 bits per heavy atom. The first-order valence-electron chi connectivity index (χ1n) is 4.82. The molecule has 4 atom stereocenters. The van der Waals surface area contributed by atoms with Gasteiger partial charge in [-0.05, 0) is 6.42 Å². The van der Waals surface area contributed by atoms with E-state index in [2.05, 4.69) is 6.92 Å². The molecule has 1 saturated heterocycles. The average Bonchev–Trinajstić information content (AvgIpc) is 2.13. The summed E-state index contributed by atoms with van der Waals surface area (Å²) in [5.74, 6) is 0. The summed E-state index contributed by atoms with van der Waals surface area (Å²) >= 11 is 0. The van der Waals surface area contributed by atoms with Gasteiger partial charge in [0.05, 0.1) is 12.7 Å². The van der Waals surface area contributed by atoms with Gasteiger partial charge in [-0.15, -0.1) is 0 Å². The van der Waals surface area contributed by atoms with Crippen LogP contribution in [0.5, 0.6) is 0 Å². The molecule has 1 fully saturated rings. The van der Waals surface area contributed by atoms with Gasteiger partial charge in [-0.1, -0.05) is 19.8 Å². The van der Waals surface area contributed by atoms with Crippen LogP contribution in [-0.2, 0) is 4.74 Å². The second-order valence-electron chi connectivity index (χ2n) is 3.56. The first-order valence-corrected chi connectivity index (χ1v) is 4.82. The van der Waals surface area contributed by atoms with Gasteiger partial charge in [-0.25, -0.2) is 0 Å². The van der Waals surface area contributed by atoms with Crippen molar-refractivity contribution in [2.75, 3.05) is 6.61 Å². The third-order valence-electron chi connectivity index (χ3n) is 2.45. The molecule has 1 heterocycles. The number of aliphatic hydroxyl groups is 3. The number of rotatable bonds is 3. The van der Waals surface area contributed by atoms with Crippen molar-refractivity contribution in [2.45, 2.75) is 50.6 Å². The Bertz CT molecular complexity index is 149. The summed E-state index contributed by atoms with van der Waals surface area (Å²) in [4.78, 5) is 0. The maximum absolute atomic E-state index is 9.50. The molecule has 1 aliphatic heterocycles. The molecule has 4 heteroatoms. The van der Waals surface area contributed by atoms with Crippen molar-refractivity contribution in [3.8, 4) is 0 Å². The van der Waals surface area contributed by atoms with Gasteiger partial charge in [-0.2, -0.15) is 0 Å². The number of aliphatic hydroxyl groups excluding tert-OH is 3. The summed E-state index contributed by atoms with van der Waals surface area (Å²) in [6.45, 7) is 2.17. The quantitative estimate of drug-likeness (QED) is 0.569. The van der Waals surface area contributed by atoms with Crippen LogP contribution in [0.4, 0.5) is 0 Å². The van der Waals surface area contributed by atoms with Crippen molar-refractivity contribution < 1.29 is 20.1 Å². The third kappa shape index (κ3) is 2.64. The van der Waals surface area contributed by atoms with E-state index in [1.807, 2.05) is 0 Å². The number of ether oxygens (including phenoxy) is 1. The minimum atomic E-state index is -1.06. The van der Waals surface area contributed by atoms with Crippen LogP contribution in [0.25, 0.3) is 0 Å². The van der Waals surface area contributed by atoms with E-state index in [1.54, 1.807) is 0 Å². The molecule has 0 amide bonds. The molecule has 0 aromatic heterocycles. The predicted molar refractivity (Wildman–Crippen MR) is 47.3 cm³/mol. The average molecular weight is 190 g/mol. The van der Waals surface area contributed by atoms with Crippen LogP contribution < -0.4 is 0 Å². The van der Waals surface area contributed by atoms with Crippen LogP contribution >= 0.6 is 0 Å². The largest absolute Gasteiger partial charge is 0.388 e. The Kier molecular flexibility index (Phi) is 4.12. The molecule has 0 aliphatic carbocycles. The molecule has 0 bridgehead atoms. The molecule has 0 aromatic carbocycles. The third-order valence-corrected chi connectivity index (χ3v) is 2.45. The first kappa shape index (κ1) is 10.9. The van der Waals surface area contributed by atoms with E-state index < -0.39 is 18.3 Å². The lowest BCUT2D eigenvalue weighted by Gasteiger charge is -2.35. The number of hydrogen-bond donors (Lipinski definition) is 3. The van der Waals surface area contributed by atoms with E-state index in [1.165, 1.54) is 0 Å². The lowest BCUT2D eigenvalue weighted by Crippen LogP contribution is -2.52. The zero-order valence-electron chi connectivity index (χ0n) is 7.89. The highest BCUT2D eigenvalue weighted by atomic mass is 16.5. The Morgan fingerprint density at radius 1 is 1.23 bits per heavy atom. The number of hydrogen-bond acceptors (Lipinski definition) is 4. The minimum absolute atomic E-state index is 0.118. The SMILES string of the molecule is CCCCC1OC[C@@H](O)[C@H](O)[C@H]1O. The first-order chi connectivity index (χ1) is 6.16. The van der Waals surface area contributed by atoms with E-state index in [-0.39, 0.29) is 12.7 Å². The van der Waals surface area contributed by atoms with Crippen LogP contribution in [0.15, 0.2) is 0 Å². The molecule has 13 heavy (non-hydrogen) atoms. The molecular weight excluding hydrogens is 172 g/mol. The number of unbranched alkanes of at least 4 members (excludes halogenated alkanes) is 1. The molecule has 78 valence electrons. The molecule has 4 nitrogen and oxygen atoms in total. The Balaban J connectivity index is 2.39. The molecule has 0 aromatic rings. The zero-order chi connectivity index (χ0) is 9.84. The topological polar surface area (TPSA) is 69.9 Å². The molecule has 1 aliphatic rings. The van der Waals surface area contributed by atoms with Gasteiger partial charge in [0.1, 0.15) is 18.3 Å². The van der Waals surface area contributed by atoms with Crippen LogP contribution in [0.3, 0.4) is 0 Å². The normalized spacial score (nSPS) is 40.6. The van der Waals surface area contributed by atoms with Gasteiger partial charge in [0, 0.05) is 0 Å². The van der Waals surface area contributed by atoms with Crippen LogP contribution in [0, 0.1) is 0 Å². The fraction of sp³-hybridized carbons (Fsp3) is 1.00. The standard InChI is InChI=1S/C9H18O4/c1-2-3-4-7-9(12)8(11)6(10)5-13-7/h6-12H,2-5H2,1H3/t6-,7?,8+,9+/m1/s1. The van der Waals surface area contributed by atoms with E-state index in [0.29, 0.717) is 0 Å². The molecule has 1 unspecified atom stereocenters. The monoisotopic (exact) mass is 190 g/mol. The fourth-order valence-corrected chi connectivity index (χ4v) is 1.53. The minimum Gasteiger partial charge on any atom is -0.388 e. The summed E-state index contributed by atoms with van der Waals surface area (Å²) < 4.78 is 5.21. The maximum Gasteiger partial charge on any atom is 0.111 e. The van der Waals surface area contributed by atoms with Crippen molar-refractivity contribution in [2.24, 2.45) is 0 Å². The van der Waals surface area contributed by atoms with Gasteiger partial charge < -0.3 is 20.1 Å². The van der Waals surface area contributed by atoms with Crippen molar-refractivity contribution in [1.29, 1.82) is 0 Å². The summed E-state index contributed by atoms with van der Waals surface area (Å²) in [7, 11) is 0. The molecule has 0 spiro atoms. The summed E-state index contributed by atoms with van der Waals surface area (Å²) in [5.41, 5.74) is 0. The smallest absolute Gasteiger partial charge is 0.111 e. The summed E-state index contributed by atoms with van der Waals surface area (Å²) in [6, 6.07) is 0. The lowest BCUT2D eigenvalue weighted by molar-refractivity contribution is -0.188. The molecule has 0 radical (unpaired) electrons. The maximum atomic E-state index is 9.50. The van der Waals surface area contributed by atoms with Crippen molar-refractivity contribution >= 4 is 0 Å². The predicted octanol–water partition coefficient (Wildman–Crippen LogP) is -0.342. The molecule has 0 saturated carbocycles. The zero-order valence-corrected chi connectivity index (χ0v) is 7.89. The fourth-order valence-electron chi connectivity index (χ4n) is 1.53. The van der Waals surface area contributed by atoms with E-state index in [0.717, 1.165) is 19.3 Å². The second kappa shape index (κ2) is 4.91. The molecular formula is C9H18O4. The highest BCUT2D eigenvalue weighted by Gasteiger charge is 2.36. The van der Waals surface area contributed by atoms with Crippen molar-refractivity contribution in [3.63, 3.8) is 0 Å². The van der Waals surface area contributed by atoms with Gasteiger partial charge in [0.2, 0.25) is 0 Å². The highest BCUT2D eigenvalue weighted by molar-refractivity contribution is 4.86. The molecule has 3 N–H and O–H groups in total. The Labute approximate surface area is 78.1 Å². The van der Waals surface area contributed by atoms with Crippen LogP contribution in [0.2, 0.25) is 0 Å². The van der Waals surface area contributed by atoms with E-state index >= 15 is 0 Å². The second-order valence-corrected chi connectivity index (χ2v) is 3.56. The van der Waals surface area contributed by atoms with Gasteiger partial charge in [0.25, 0.3) is 0 Å². The van der Waals surface area contributed by atoms with Crippen molar-refractivity contribution in [3.05, 3.63) is 0 Å². The van der Waals surface area contributed by atoms with E-state index in [4.69, 9.17) is 9.84 Å². The van der Waals surface area contributed by atoms with Crippen LogP contribution in [-0.4, -0.2) is 46.3 Å². The Hall–Kier alpha value is -0.160. The van der Waals surface area contributed by atoms with Gasteiger partial charge >= 0.3 is 0 Å². The highest BCUT2D eigenvalue weighted by Crippen LogP contribution is 2.19. The van der Waals surface area contributed by atoms with Crippen LogP contribution in [0.1, 0.15) is 26.2 Å². The Morgan fingerprint density at radius 3 is 2.54 bits per heavy atom. The molecule has 1 rings (SSSR count). The summed E-state index contributed by atoms with van der Waals surface area (Å²) in [6.07, 6.45) is -0.547. The van der Waals surface area contributed by atoms with Gasteiger partial charge in [0.15, 0.2) is 0 Å².